The summed E-state index contributed by atoms with van der Waals surface area (Å²) in [6.45, 7) is 3.22. The minimum Gasteiger partial charge on any atom is -0.385 e. The zero-order chi connectivity index (χ0) is 14.5. The number of carbonyl (C=O) groups is 1. The highest BCUT2D eigenvalue weighted by atomic mass is 35.5. The lowest BCUT2D eigenvalue weighted by Crippen LogP contribution is -2.52. The highest BCUT2D eigenvalue weighted by Gasteiger charge is 2.41. The van der Waals surface area contributed by atoms with Gasteiger partial charge in [0.25, 0.3) is 0 Å². The van der Waals surface area contributed by atoms with Crippen molar-refractivity contribution in [1.82, 2.24) is 5.32 Å². The van der Waals surface area contributed by atoms with Crippen molar-refractivity contribution in [2.45, 2.75) is 38.5 Å². The first-order chi connectivity index (χ1) is 9.66. The van der Waals surface area contributed by atoms with Gasteiger partial charge in [-0.05, 0) is 37.5 Å². The standard InChI is InChI=1S/C15H28N2O3.ClH/c1-19-8-5-14(3-2-4-14)12-17-13(18)15(11-16)6-9-20-10-7-15;/h2-12,16H2,1H3,(H,17,18);1H. The third kappa shape index (κ3) is 4.31. The maximum absolute atomic E-state index is 12.5. The molecule has 0 aromatic heterocycles. The van der Waals surface area contributed by atoms with E-state index >= 15 is 0 Å². The normalized spacial score (nSPS) is 22.8. The minimum absolute atomic E-state index is 0. The maximum Gasteiger partial charge on any atom is 0.227 e. The molecule has 0 unspecified atom stereocenters. The Balaban J connectivity index is 0.00000220. The van der Waals surface area contributed by atoms with Crippen LogP contribution >= 0.6 is 12.4 Å². The molecule has 0 aromatic rings. The van der Waals surface area contributed by atoms with Crippen molar-refractivity contribution in [3.05, 3.63) is 0 Å². The van der Waals surface area contributed by atoms with E-state index in [9.17, 15) is 4.79 Å². The summed E-state index contributed by atoms with van der Waals surface area (Å²) in [5.74, 6) is 0.118. The Morgan fingerprint density at radius 3 is 2.43 bits per heavy atom. The second kappa shape index (κ2) is 8.32. The number of ether oxygens (including phenoxy) is 2. The van der Waals surface area contributed by atoms with Crippen LogP contribution in [0.15, 0.2) is 0 Å². The van der Waals surface area contributed by atoms with E-state index in [0.717, 1.165) is 32.4 Å². The van der Waals surface area contributed by atoms with Gasteiger partial charge in [-0.3, -0.25) is 4.79 Å². The Morgan fingerprint density at radius 1 is 1.29 bits per heavy atom. The average molecular weight is 321 g/mol. The van der Waals surface area contributed by atoms with Crippen molar-refractivity contribution in [3.63, 3.8) is 0 Å². The lowest BCUT2D eigenvalue weighted by atomic mass is 9.66. The Labute approximate surface area is 133 Å². The molecule has 1 amide bonds. The molecule has 21 heavy (non-hydrogen) atoms. The average Bonchev–Trinajstić information content (AvgIpc) is 2.46. The van der Waals surface area contributed by atoms with Crippen LogP contribution in [0.5, 0.6) is 0 Å². The lowest BCUT2D eigenvalue weighted by Gasteiger charge is -2.43. The van der Waals surface area contributed by atoms with Gasteiger partial charge in [0.1, 0.15) is 0 Å². The molecule has 0 aromatic carbocycles. The van der Waals surface area contributed by atoms with Crippen LogP contribution in [0.2, 0.25) is 0 Å². The second-order valence-corrected chi connectivity index (χ2v) is 6.38. The van der Waals surface area contributed by atoms with Gasteiger partial charge in [0.05, 0.1) is 5.41 Å². The molecule has 5 nitrogen and oxygen atoms in total. The van der Waals surface area contributed by atoms with E-state index in [1.54, 1.807) is 7.11 Å². The molecule has 2 rings (SSSR count). The van der Waals surface area contributed by atoms with Gasteiger partial charge in [0.2, 0.25) is 5.91 Å². The number of methoxy groups -OCH3 is 1. The molecule has 124 valence electrons. The van der Waals surface area contributed by atoms with Gasteiger partial charge in [0, 0.05) is 40.0 Å². The molecule has 0 bridgehead atoms. The number of hydrogen-bond donors (Lipinski definition) is 2. The summed E-state index contributed by atoms with van der Waals surface area (Å²) in [6, 6.07) is 0. The van der Waals surface area contributed by atoms with E-state index in [1.807, 2.05) is 0 Å². The second-order valence-electron chi connectivity index (χ2n) is 6.38. The lowest BCUT2D eigenvalue weighted by molar-refractivity contribution is -0.137. The number of nitrogens with two attached hydrogens (primary N) is 1. The number of nitrogens with one attached hydrogen (secondary N) is 1. The predicted octanol–water partition coefficient (Wildman–Crippen LogP) is 1.49. The zero-order valence-electron chi connectivity index (χ0n) is 13.0. The fraction of sp³-hybridized carbons (Fsp3) is 0.933. The molecule has 2 fully saturated rings. The molecule has 2 aliphatic rings. The largest absolute Gasteiger partial charge is 0.385 e. The number of halogens is 1. The SMILES string of the molecule is COCCC1(CNC(=O)C2(CN)CCOCC2)CCC1.Cl. The van der Waals surface area contributed by atoms with Gasteiger partial charge >= 0.3 is 0 Å². The van der Waals surface area contributed by atoms with Crippen LogP contribution in [-0.4, -0.2) is 45.9 Å². The molecule has 3 N–H and O–H groups in total. The van der Waals surface area contributed by atoms with Crippen molar-refractivity contribution >= 4 is 18.3 Å². The fourth-order valence-corrected chi connectivity index (χ4v) is 3.25. The van der Waals surface area contributed by atoms with Crippen LogP contribution in [0.25, 0.3) is 0 Å². The quantitative estimate of drug-likeness (QED) is 0.745. The molecule has 0 radical (unpaired) electrons. The van der Waals surface area contributed by atoms with Crippen LogP contribution in [0.3, 0.4) is 0 Å². The van der Waals surface area contributed by atoms with E-state index in [0.29, 0.717) is 19.8 Å². The Hall–Kier alpha value is -0.360. The van der Waals surface area contributed by atoms with Crippen LogP contribution in [0.1, 0.15) is 38.5 Å². The van der Waals surface area contributed by atoms with Crippen molar-refractivity contribution in [2.75, 3.05) is 40.0 Å². The summed E-state index contributed by atoms with van der Waals surface area (Å²) < 4.78 is 10.5. The van der Waals surface area contributed by atoms with E-state index in [4.69, 9.17) is 15.2 Å². The molecule has 1 saturated heterocycles. The zero-order valence-corrected chi connectivity index (χ0v) is 13.8. The van der Waals surface area contributed by atoms with Gasteiger partial charge in [-0.2, -0.15) is 0 Å². The predicted molar refractivity (Wildman–Crippen MR) is 84.6 cm³/mol. The Kier molecular flexibility index (Phi) is 7.40. The minimum atomic E-state index is -0.412. The van der Waals surface area contributed by atoms with Gasteiger partial charge in [-0.1, -0.05) is 6.42 Å². The summed E-state index contributed by atoms with van der Waals surface area (Å²) >= 11 is 0. The first kappa shape index (κ1) is 18.7. The summed E-state index contributed by atoms with van der Waals surface area (Å²) in [4.78, 5) is 12.5. The first-order valence-electron chi connectivity index (χ1n) is 7.72. The maximum atomic E-state index is 12.5. The van der Waals surface area contributed by atoms with E-state index in [-0.39, 0.29) is 23.7 Å². The highest BCUT2D eigenvalue weighted by Crippen LogP contribution is 2.43. The van der Waals surface area contributed by atoms with Crippen molar-refractivity contribution in [2.24, 2.45) is 16.6 Å². The summed E-state index contributed by atoms with van der Waals surface area (Å²) in [5, 5.41) is 3.17. The van der Waals surface area contributed by atoms with E-state index in [2.05, 4.69) is 5.32 Å². The molecule has 6 heteroatoms. The summed E-state index contributed by atoms with van der Waals surface area (Å²) in [6.07, 6.45) is 6.14. The van der Waals surface area contributed by atoms with Crippen LogP contribution < -0.4 is 11.1 Å². The first-order valence-corrected chi connectivity index (χ1v) is 7.72. The Morgan fingerprint density at radius 2 is 1.95 bits per heavy atom. The third-order valence-corrected chi connectivity index (χ3v) is 5.20. The van der Waals surface area contributed by atoms with Gasteiger partial charge in [-0.25, -0.2) is 0 Å². The number of rotatable bonds is 7. The van der Waals surface area contributed by atoms with Crippen molar-refractivity contribution in [3.8, 4) is 0 Å². The molecule has 0 atom stereocenters. The van der Waals surface area contributed by atoms with E-state index in [1.165, 1.54) is 19.3 Å². The molecular formula is C15H29ClN2O3. The summed E-state index contributed by atoms with van der Waals surface area (Å²) in [7, 11) is 1.73. The molecule has 1 aliphatic heterocycles. The third-order valence-electron chi connectivity index (χ3n) is 5.20. The molecule has 0 spiro atoms. The molecule has 1 aliphatic carbocycles. The Bertz CT molecular complexity index is 329. The van der Waals surface area contributed by atoms with E-state index < -0.39 is 5.41 Å². The molecule has 1 saturated carbocycles. The number of amides is 1. The highest BCUT2D eigenvalue weighted by molar-refractivity contribution is 5.85. The van der Waals surface area contributed by atoms with Crippen LogP contribution in [0, 0.1) is 10.8 Å². The number of hydrogen-bond acceptors (Lipinski definition) is 4. The van der Waals surface area contributed by atoms with Crippen molar-refractivity contribution in [1.29, 1.82) is 0 Å². The van der Waals surface area contributed by atoms with Gasteiger partial charge < -0.3 is 20.5 Å². The van der Waals surface area contributed by atoms with Crippen LogP contribution in [0.4, 0.5) is 0 Å². The topological polar surface area (TPSA) is 73.6 Å². The molecular weight excluding hydrogens is 292 g/mol. The smallest absolute Gasteiger partial charge is 0.227 e. The molecule has 1 heterocycles. The van der Waals surface area contributed by atoms with Gasteiger partial charge in [-0.15, -0.1) is 12.4 Å². The van der Waals surface area contributed by atoms with Gasteiger partial charge in [0.15, 0.2) is 0 Å². The van der Waals surface area contributed by atoms with Crippen molar-refractivity contribution < 1.29 is 14.3 Å². The number of carbonyl (C=O) groups excluding carboxylic acids is 1. The fourth-order valence-electron chi connectivity index (χ4n) is 3.25. The monoisotopic (exact) mass is 320 g/mol. The van der Waals surface area contributed by atoms with Crippen LogP contribution in [-0.2, 0) is 14.3 Å². The summed E-state index contributed by atoms with van der Waals surface area (Å²) in [5.41, 5.74) is 5.71.